The van der Waals surface area contributed by atoms with Crippen molar-refractivity contribution in [1.82, 2.24) is 24.1 Å². The molecule has 1 aliphatic heterocycles. The standard InChI is InChI=1S/C20H16N6O5S/c1-10-4-15(25-6-11(7-25)14(27)5-12-2-3-31-24-12)23-18-16(10)17(28)13(19(29)30)8-26(18)20-21-9-22-32-20/h2-4,8-9,11H,5-7H2,1H3,(H,29,30). The molecular formula is C20H16N6O5S. The summed E-state index contributed by atoms with van der Waals surface area (Å²) in [5.41, 5.74) is 0.517. The van der Waals surface area contributed by atoms with Gasteiger partial charge in [-0.25, -0.2) is 14.8 Å². The topological polar surface area (TPSA) is 144 Å². The van der Waals surface area contributed by atoms with Gasteiger partial charge in [0.25, 0.3) is 0 Å². The highest BCUT2D eigenvalue weighted by molar-refractivity contribution is 7.08. The SMILES string of the molecule is Cc1cc(N2CC(C(=O)Cc3ccon3)C2)nc2c1c(=O)c(C(=O)O)cn2-c1ncns1. The molecule has 5 rings (SSSR count). The molecule has 12 heteroatoms. The lowest BCUT2D eigenvalue weighted by Gasteiger charge is -2.39. The number of rotatable bonds is 6. The molecule has 11 nitrogen and oxygen atoms in total. The lowest BCUT2D eigenvalue weighted by Crippen LogP contribution is -2.51. The molecule has 0 aromatic carbocycles. The van der Waals surface area contributed by atoms with Crippen LogP contribution in [0.1, 0.15) is 21.6 Å². The van der Waals surface area contributed by atoms with Crippen LogP contribution in [-0.4, -0.2) is 54.0 Å². The molecule has 0 bridgehead atoms. The number of ketones is 1. The second-order valence-electron chi connectivity index (χ2n) is 7.50. The highest BCUT2D eigenvalue weighted by Gasteiger charge is 2.34. The number of fused-ring (bicyclic) bond motifs is 1. The first-order valence-corrected chi connectivity index (χ1v) is 10.4. The van der Waals surface area contributed by atoms with E-state index in [2.05, 4.69) is 19.5 Å². The quantitative estimate of drug-likeness (QED) is 0.456. The molecule has 4 aromatic rings. The molecule has 1 fully saturated rings. The molecule has 32 heavy (non-hydrogen) atoms. The molecule has 0 saturated carbocycles. The fourth-order valence-corrected chi connectivity index (χ4v) is 4.24. The number of hydrogen-bond acceptors (Lipinski definition) is 10. The van der Waals surface area contributed by atoms with E-state index < -0.39 is 11.4 Å². The van der Waals surface area contributed by atoms with Crippen molar-refractivity contribution < 1.29 is 19.2 Å². The summed E-state index contributed by atoms with van der Waals surface area (Å²) >= 11 is 1.06. The Labute approximate surface area is 184 Å². The maximum Gasteiger partial charge on any atom is 0.341 e. The molecule has 0 amide bonds. The Morgan fingerprint density at radius 2 is 2.16 bits per heavy atom. The summed E-state index contributed by atoms with van der Waals surface area (Å²) < 4.78 is 10.2. The van der Waals surface area contributed by atoms with E-state index in [4.69, 9.17) is 4.52 Å². The van der Waals surface area contributed by atoms with Crippen molar-refractivity contribution in [3.8, 4) is 5.13 Å². The lowest BCUT2D eigenvalue weighted by molar-refractivity contribution is -0.123. The van der Waals surface area contributed by atoms with Crippen LogP contribution in [0, 0.1) is 12.8 Å². The summed E-state index contributed by atoms with van der Waals surface area (Å²) in [4.78, 5) is 47.6. The van der Waals surface area contributed by atoms with Gasteiger partial charge >= 0.3 is 5.97 Å². The minimum Gasteiger partial charge on any atom is -0.477 e. The molecule has 1 saturated heterocycles. The summed E-state index contributed by atoms with van der Waals surface area (Å²) in [7, 11) is 0. The molecule has 5 heterocycles. The van der Waals surface area contributed by atoms with Crippen molar-refractivity contribution in [2.45, 2.75) is 13.3 Å². The second kappa shape index (κ2) is 7.64. The van der Waals surface area contributed by atoms with E-state index in [1.54, 1.807) is 19.1 Å². The van der Waals surface area contributed by atoms with E-state index in [0.29, 0.717) is 40.9 Å². The number of Topliss-reactive ketones (excluding diaryl/α,β-unsaturated/α-hetero) is 1. The number of aryl methyl sites for hydroxylation is 1. The van der Waals surface area contributed by atoms with Gasteiger partial charge in [0.2, 0.25) is 10.6 Å². The van der Waals surface area contributed by atoms with Gasteiger partial charge in [0.1, 0.15) is 29.8 Å². The molecule has 0 unspecified atom stereocenters. The summed E-state index contributed by atoms with van der Waals surface area (Å²) in [6.45, 7) is 2.72. The Hall–Kier alpha value is -3.93. The maximum absolute atomic E-state index is 12.8. The molecule has 0 aliphatic carbocycles. The van der Waals surface area contributed by atoms with Gasteiger partial charge in [-0.05, 0) is 18.6 Å². The highest BCUT2D eigenvalue weighted by Crippen LogP contribution is 2.29. The van der Waals surface area contributed by atoms with Crippen molar-refractivity contribution in [2.75, 3.05) is 18.0 Å². The van der Waals surface area contributed by atoms with Gasteiger partial charge in [-0.2, -0.15) is 4.37 Å². The molecule has 162 valence electrons. The number of anilines is 1. The summed E-state index contributed by atoms with van der Waals surface area (Å²) in [6.07, 6.45) is 4.23. The van der Waals surface area contributed by atoms with Crippen LogP contribution in [0.3, 0.4) is 0 Å². The highest BCUT2D eigenvalue weighted by atomic mass is 32.1. The number of carbonyl (C=O) groups is 2. The number of carboxylic acids is 1. The molecule has 1 N–H and O–H groups in total. The monoisotopic (exact) mass is 452 g/mol. The van der Waals surface area contributed by atoms with Crippen LogP contribution in [0.5, 0.6) is 0 Å². The van der Waals surface area contributed by atoms with Crippen LogP contribution in [0.4, 0.5) is 5.82 Å². The first-order chi connectivity index (χ1) is 15.4. The van der Waals surface area contributed by atoms with E-state index in [-0.39, 0.29) is 29.1 Å². The average molecular weight is 452 g/mol. The minimum absolute atomic E-state index is 0.0736. The minimum atomic E-state index is -1.32. The number of aromatic nitrogens is 5. The van der Waals surface area contributed by atoms with Gasteiger partial charge in [-0.1, -0.05) is 5.16 Å². The molecule has 1 aliphatic rings. The Balaban J connectivity index is 1.50. The zero-order chi connectivity index (χ0) is 22.4. The fourth-order valence-electron chi connectivity index (χ4n) is 3.73. The van der Waals surface area contributed by atoms with Crippen molar-refractivity contribution in [2.24, 2.45) is 5.92 Å². The van der Waals surface area contributed by atoms with Crippen LogP contribution in [-0.2, 0) is 11.2 Å². The van der Waals surface area contributed by atoms with Crippen LogP contribution in [0.25, 0.3) is 16.2 Å². The number of carbonyl (C=O) groups excluding carboxylic acids is 1. The normalized spacial score (nSPS) is 14.0. The van der Waals surface area contributed by atoms with E-state index in [1.165, 1.54) is 23.4 Å². The number of hydrogen-bond donors (Lipinski definition) is 1. The Morgan fingerprint density at radius 1 is 1.34 bits per heavy atom. The van der Waals surface area contributed by atoms with Crippen LogP contribution < -0.4 is 10.3 Å². The van der Waals surface area contributed by atoms with Crippen molar-refractivity contribution in [1.29, 1.82) is 0 Å². The Bertz CT molecular complexity index is 1390. The van der Waals surface area contributed by atoms with Gasteiger partial charge < -0.3 is 14.5 Å². The summed E-state index contributed by atoms with van der Waals surface area (Å²) in [6, 6.07) is 3.40. The summed E-state index contributed by atoms with van der Waals surface area (Å²) in [5.74, 6) is -0.801. The fraction of sp³-hybridized carbons (Fsp3) is 0.250. The average Bonchev–Trinajstić information content (AvgIpc) is 3.40. The van der Waals surface area contributed by atoms with Crippen molar-refractivity contribution >= 4 is 40.1 Å². The first-order valence-electron chi connectivity index (χ1n) is 9.66. The molecule has 0 spiro atoms. The van der Waals surface area contributed by atoms with E-state index in [9.17, 15) is 19.5 Å². The predicted molar refractivity (Wildman–Crippen MR) is 113 cm³/mol. The van der Waals surface area contributed by atoms with Gasteiger partial charge in [0.05, 0.1) is 23.4 Å². The smallest absolute Gasteiger partial charge is 0.341 e. The van der Waals surface area contributed by atoms with Crippen molar-refractivity contribution in [3.63, 3.8) is 0 Å². The van der Waals surface area contributed by atoms with Gasteiger partial charge in [0.15, 0.2) is 5.65 Å². The summed E-state index contributed by atoms with van der Waals surface area (Å²) in [5, 5.41) is 13.9. The van der Waals surface area contributed by atoms with E-state index in [1.807, 2.05) is 4.90 Å². The van der Waals surface area contributed by atoms with Crippen molar-refractivity contribution in [3.05, 3.63) is 58.0 Å². The van der Waals surface area contributed by atoms with E-state index in [0.717, 1.165) is 11.5 Å². The number of carboxylic acid groups (broad SMARTS) is 1. The number of aromatic carboxylic acids is 1. The molecule has 0 radical (unpaired) electrons. The number of nitrogens with zero attached hydrogens (tertiary/aromatic N) is 6. The molecule has 0 atom stereocenters. The Kier molecular flexibility index (Phi) is 4.78. The third kappa shape index (κ3) is 3.34. The van der Waals surface area contributed by atoms with Crippen LogP contribution >= 0.6 is 11.5 Å². The second-order valence-corrected chi connectivity index (χ2v) is 8.26. The Morgan fingerprint density at radius 3 is 2.81 bits per heavy atom. The first kappa shape index (κ1) is 20.0. The van der Waals surface area contributed by atoms with Gasteiger partial charge in [0, 0.05) is 36.9 Å². The van der Waals surface area contributed by atoms with Gasteiger partial charge in [-0.3, -0.25) is 14.2 Å². The zero-order valence-corrected chi connectivity index (χ0v) is 17.6. The van der Waals surface area contributed by atoms with Gasteiger partial charge in [-0.15, -0.1) is 0 Å². The molecular weight excluding hydrogens is 436 g/mol. The largest absolute Gasteiger partial charge is 0.477 e. The number of pyridine rings is 2. The maximum atomic E-state index is 12.8. The van der Waals surface area contributed by atoms with E-state index >= 15 is 0 Å². The molecule has 4 aromatic heterocycles. The third-order valence-electron chi connectivity index (χ3n) is 5.44. The third-order valence-corrected chi connectivity index (χ3v) is 6.10. The predicted octanol–water partition coefficient (Wildman–Crippen LogP) is 1.48. The van der Waals surface area contributed by atoms with Crippen LogP contribution in [0.2, 0.25) is 0 Å². The zero-order valence-electron chi connectivity index (χ0n) is 16.8. The lowest BCUT2D eigenvalue weighted by atomic mass is 9.92. The van der Waals surface area contributed by atoms with Crippen LogP contribution in [0.15, 0.2) is 40.2 Å².